The molecule has 3 heteroatoms. The summed E-state index contributed by atoms with van der Waals surface area (Å²) in [4.78, 5) is 4.55. The number of aliphatic hydroxyl groups is 1. The summed E-state index contributed by atoms with van der Waals surface area (Å²) in [6.45, 7) is 6.62. The summed E-state index contributed by atoms with van der Waals surface area (Å²) >= 11 is 3.42. The minimum absolute atomic E-state index is 0.0328. The molecule has 1 heterocycles. The van der Waals surface area contributed by atoms with Gasteiger partial charge in [0.15, 0.2) is 0 Å². The van der Waals surface area contributed by atoms with E-state index in [9.17, 15) is 5.11 Å². The topological polar surface area (TPSA) is 33.1 Å². The second-order valence-corrected chi connectivity index (χ2v) is 7.59. The van der Waals surface area contributed by atoms with Crippen molar-refractivity contribution in [2.75, 3.05) is 0 Å². The predicted octanol–water partition coefficient (Wildman–Crippen LogP) is 3.88. The molecule has 0 aliphatic heterocycles. The van der Waals surface area contributed by atoms with Crippen LogP contribution in [0.25, 0.3) is 0 Å². The van der Waals surface area contributed by atoms with Crippen LogP contribution in [0.4, 0.5) is 0 Å². The average molecular weight is 310 g/mol. The largest absolute Gasteiger partial charge is 0.382 e. The molecular weight excluding hydrogens is 290 g/mol. The smallest absolute Gasteiger partial charge is 0.117 e. The lowest BCUT2D eigenvalue weighted by molar-refractivity contribution is -0.153. The normalized spacial score (nSPS) is 41.3. The molecule has 2 bridgehead atoms. The van der Waals surface area contributed by atoms with Crippen LogP contribution in [0.3, 0.4) is 0 Å². The molecule has 18 heavy (non-hydrogen) atoms. The highest BCUT2D eigenvalue weighted by molar-refractivity contribution is 9.10. The molecule has 0 amide bonds. The number of nitrogens with zero attached hydrogens (tertiary/aromatic N) is 1. The van der Waals surface area contributed by atoms with Crippen LogP contribution in [0, 0.1) is 16.7 Å². The number of hydrogen-bond donors (Lipinski definition) is 1. The van der Waals surface area contributed by atoms with E-state index in [2.05, 4.69) is 41.7 Å². The zero-order valence-electron chi connectivity index (χ0n) is 11.2. The zero-order valence-corrected chi connectivity index (χ0v) is 12.8. The predicted molar refractivity (Wildman–Crippen MR) is 75.1 cm³/mol. The lowest BCUT2D eigenvalue weighted by atomic mass is 9.59. The van der Waals surface area contributed by atoms with Gasteiger partial charge in [-0.1, -0.05) is 26.8 Å². The van der Waals surface area contributed by atoms with Crippen LogP contribution in [0.5, 0.6) is 0 Å². The molecule has 0 aromatic carbocycles. The Labute approximate surface area is 117 Å². The van der Waals surface area contributed by atoms with Crippen molar-refractivity contribution < 1.29 is 5.11 Å². The van der Waals surface area contributed by atoms with Crippen molar-refractivity contribution in [1.82, 2.24) is 4.98 Å². The van der Waals surface area contributed by atoms with Crippen molar-refractivity contribution in [1.29, 1.82) is 0 Å². The number of rotatable bonds is 1. The maximum absolute atomic E-state index is 11.5. The van der Waals surface area contributed by atoms with Gasteiger partial charge < -0.3 is 5.11 Å². The summed E-state index contributed by atoms with van der Waals surface area (Å²) in [5.74, 6) is 0.605. The number of halogens is 1. The standard InChI is InChI=1S/C15H20BrNO/c1-13(2)10-7-8-14(3,9-10)15(13,18)11-5-4-6-12(16)17-11/h4-6,10,18H,7-9H2,1-3H3/t10-,14+,15-/m1/s1. The van der Waals surface area contributed by atoms with Crippen LogP contribution in [-0.4, -0.2) is 10.1 Å². The van der Waals surface area contributed by atoms with Gasteiger partial charge in [0.25, 0.3) is 0 Å². The number of fused-ring (bicyclic) bond motifs is 2. The molecule has 2 aliphatic carbocycles. The molecule has 0 radical (unpaired) electrons. The van der Waals surface area contributed by atoms with E-state index in [1.165, 1.54) is 6.42 Å². The van der Waals surface area contributed by atoms with Crippen LogP contribution < -0.4 is 0 Å². The van der Waals surface area contributed by atoms with E-state index in [1.807, 2.05) is 18.2 Å². The maximum atomic E-state index is 11.5. The fourth-order valence-electron chi connectivity index (χ4n) is 4.51. The lowest BCUT2D eigenvalue weighted by Gasteiger charge is -2.50. The molecule has 0 spiro atoms. The molecule has 1 N–H and O–H groups in total. The molecule has 1 aromatic rings. The van der Waals surface area contributed by atoms with Crippen molar-refractivity contribution in [2.45, 2.75) is 45.6 Å². The highest BCUT2D eigenvalue weighted by Gasteiger charge is 2.69. The quantitative estimate of drug-likeness (QED) is 0.799. The Kier molecular flexibility index (Phi) is 2.50. The van der Waals surface area contributed by atoms with Gasteiger partial charge in [0.05, 0.1) is 5.69 Å². The van der Waals surface area contributed by atoms with Crippen LogP contribution in [-0.2, 0) is 5.60 Å². The molecule has 2 aliphatic rings. The molecule has 0 saturated heterocycles. The maximum Gasteiger partial charge on any atom is 0.117 e. The van der Waals surface area contributed by atoms with Gasteiger partial charge in [0.1, 0.15) is 10.2 Å². The summed E-state index contributed by atoms with van der Waals surface area (Å²) in [6.07, 6.45) is 3.45. The first kappa shape index (κ1) is 12.6. The molecule has 1 aromatic heterocycles. The molecule has 98 valence electrons. The van der Waals surface area contributed by atoms with Gasteiger partial charge >= 0.3 is 0 Å². The first-order valence-corrected chi connectivity index (χ1v) is 7.46. The fourth-order valence-corrected chi connectivity index (χ4v) is 4.85. The average Bonchev–Trinajstić information content (AvgIpc) is 2.77. The van der Waals surface area contributed by atoms with Crippen molar-refractivity contribution in [2.24, 2.45) is 16.7 Å². The van der Waals surface area contributed by atoms with Gasteiger partial charge in [-0.05, 0) is 53.2 Å². The van der Waals surface area contributed by atoms with Gasteiger partial charge in [-0.15, -0.1) is 0 Å². The van der Waals surface area contributed by atoms with E-state index in [0.29, 0.717) is 5.92 Å². The highest BCUT2D eigenvalue weighted by Crippen LogP contribution is 2.71. The van der Waals surface area contributed by atoms with E-state index < -0.39 is 5.60 Å². The van der Waals surface area contributed by atoms with E-state index in [4.69, 9.17) is 0 Å². The Balaban J connectivity index is 2.19. The van der Waals surface area contributed by atoms with E-state index in [0.717, 1.165) is 23.1 Å². The SMILES string of the molecule is CC1(C)[C@@H]2CC[C@@](C)(C2)[C@@]1(O)c1cccc(Br)n1. The summed E-state index contributed by atoms with van der Waals surface area (Å²) in [5, 5.41) is 11.5. The minimum atomic E-state index is -0.813. The Morgan fingerprint density at radius 2 is 2.06 bits per heavy atom. The summed E-state index contributed by atoms with van der Waals surface area (Å²) in [7, 11) is 0. The van der Waals surface area contributed by atoms with Crippen LogP contribution in [0.2, 0.25) is 0 Å². The molecule has 2 fully saturated rings. The second-order valence-electron chi connectivity index (χ2n) is 6.78. The first-order valence-electron chi connectivity index (χ1n) is 6.67. The Morgan fingerprint density at radius 3 is 2.61 bits per heavy atom. The van der Waals surface area contributed by atoms with E-state index in [1.54, 1.807) is 0 Å². The molecule has 2 nitrogen and oxygen atoms in total. The lowest BCUT2D eigenvalue weighted by Crippen LogP contribution is -2.51. The van der Waals surface area contributed by atoms with Crippen LogP contribution in [0.1, 0.15) is 45.7 Å². The Hall–Kier alpha value is -0.410. The van der Waals surface area contributed by atoms with Gasteiger partial charge in [-0.2, -0.15) is 0 Å². The third-order valence-electron chi connectivity index (χ3n) is 5.65. The number of hydrogen-bond acceptors (Lipinski definition) is 2. The van der Waals surface area contributed by atoms with Crippen molar-refractivity contribution in [3.63, 3.8) is 0 Å². The second kappa shape index (κ2) is 3.57. The summed E-state index contributed by atoms with van der Waals surface area (Å²) < 4.78 is 0.801. The van der Waals surface area contributed by atoms with Gasteiger partial charge in [0.2, 0.25) is 0 Å². The molecular formula is C15H20BrNO. The monoisotopic (exact) mass is 309 g/mol. The van der Waals surface area contributed by atoms with Crippen molar-refractivity contribution in [3.8, 4) is 0 Å². The fraction of sp³-hybridized carbons (Fsp3) is 0.667. The minimum Gasteiger partial charge on any atom is -0.382 e. The number of pyridine rings is 1. The van der Waals surface area contributed by atoms with Crippen molar-refractivity contribution in [3.05, 3.63) is 28.5 Å². The molecule has 3 rings (SSSR count). The summed E-state index contributed by atoms with van der Waals surface area (Å²) in [5.41, 5.74) is -0.123. The Morgan fingerprint density at radius 1 is 1.33 bits per heavy atom. The van der Waals surface area contributed by atoms with Crippen molar-refractivity contribution >= 4 is 15.9 Å². The van der Waals surface area contributed by atoms with Crippen LogP contribution in [0.15, 0.2) is 22.8 Å². The highest BCUT2D eigenvalue weighted by atomic mass is 79.9. The third-order valence-corrected chi connectivity index (χ3v) is 6.10. The zero-order chi connectivity index (χ0) is 13.2. The molecule has 0 unspecified atom stereocenters. The first-order chi connectivity index (χ1) is 8.31. The van der Waals surface area contributed by atoms with Crippen LogP contribution >= 0.6 is 15.9 Å². The third kappa shape index (κ3) is 1.30. The van der Waals surface area contributed by atoms with Gasteiger partial charge in [0, 0.05) is 10.8 Å². The van der Waals surface area contributed by atoms with Gasteiger partial charge in [-0.3, -0.25) is 0 Å². The molecule has 2 saturated carbocycles. The molecule has 3 atom stereocenters. The van der Waals surface area contributed by atoms with Gasteiger partial charge in [-0.25, -0.2) is 4.98 Å². The number of aromatic nitrogens is 1. The summed E-state index contributed by atoms with van der Waals surface area (Å²) in [6, 6.07) is 5.85. The Bertz CT molecular complexity index is 494. The van der Waals surface area contributed by atoms with E-state index in [-0.39, 0.29) is 10.8 Å². The van der Waals surface area contributed by atoms with E-state index >= 15 is 0 Å².